The molecule has 210 valence electrons. The molecule has 9 heteroatoms. The number of benzene rings is 2. The maximum atomic E-state index is 13.5. The fraction of sp³-hybridized carbons (Fsp3) is 0.452. The summed E-state index contributed by atoms with van der Waals surface area (Å²) >= 11 is 0. The van der Waals surface area contributed by atoms with Crippen LogP contribution in [0.15, 0.2) is 48.8 Å². The molecular formula is C31H38FN7O. The van der Waals surface area contributed by atoms with Gasteiger partial charge in [0.1, 0.15) is 5.82 Å². The number of hydrogen-bond acceptors (Lipinski definition) is 7. The number of rotatable bonds is 5. The zero-order valence-electron chi connectivity index (χ0n) is 23.7. The van der Waals surface area contributed by atoms with Crippen molar-refractivity contribution in [2.45, 2.75) is 25.8 Å². The number of carbonyl (C=O) groups excluding carboxylic acids is 1. The zero-order valence-corrected chi connectivity index (χ0v) is 23.7. The minimum absolute atomic E-state index is 0.448. The highest BCUT2D eigenvalue weighted by Gasteiger charge is 2.33. The predicted molar refractivity (Wildman–Crippen MR) is 159 cm³/mol. The largest absolute Gasteiger partial charge is 0.370 e. The summed E-state index contributed by atoms with van der Waals surface area (Å²) in [6.45, 7) is 11.1. The third-order valence-electron chi connectivity index (χ3n) is 8.71. The lowest BCUT2D eigenvalue weighted by Gasteiger charge is -2.43. The molecule has 8 nitrogen and oxygen atoms in total. The molecule has 6 rings (SSSR count). The van der Waals surface area contributed by atoms with Crippen molar-refractivity contribution >= 4 is 34.1 Å². The lowest BCUT2D eigenvalue weighted by atomic mass is 10.0. The molecule has 0 bridgehead atoms. The van der Waals surface area contributed by atoms with Crippen LogP contribution in [-0.4, -0.2) is 98.2 Å². The number of anilines is 3. The topological polar surface area (TPSA) is 59.1 Å². The van der Waals surface area contributed by atoms with Crippen LogP contribution in [0.3, 0.4) is 0 Å². The van der Waals surface area contributed by atoms with Crippen LogP contribution in [0.4, 0.5) is 21.8 Å². The molecule has 0 unspecified atom stereocenters. The Morgan fingerprint density at radius 1 is 0.925 bits per heavy atom. The Morgan fingerprint density at radius 2 is 1.62 bits per heavy atom. The zero-order chi connectivity index (χ0) is 28.0. The van der Waals surface area contributed by atoms with E-state index in [1.165, 1.54) is 27.6 Å². The van der Waals surface area contributed by atoms with Crippen molar-refractivity contribution in [2.75, 3.05) is 81.2 Å². The van der Waals surface area contributed by atoms with Crippen molar-refractivity contribution in [3.05, 3.63) is 65.6 Å². The smallest absolute Gasteiger partial charge is 0.282 e. The van der Waals surface area contributed by atoms with E-state index in [1.54, 1.807) is 4.90 Å². The second-order valence-corrected chi connectivity index (χ2v) is 11.4. The quantitative estimate of drug-likeness (QED) is 0.457. The summed E-state index contributed by atoms with van der Waals surface area (Å²) in [5, 5.41) is 2.58. The molecule has 0 radical (unpaired) electrons. The molecule has 0 saturated carbocycles. The molecule has 2 saturated heterocycles. The van der Waals surface area contributed by atoms with Crippen molar-refractivity contribution in [3.8, 4) is 0 Å². The van der Waals surface area contributed by atoms with E-state index in [4.69, 9.17) is 9.97 Å². The first-order valence-electron chi connectivity index (χ1n) is 14.2. The van der Waals surface area contributed by atoms with E-state index in [0.717, 1.165) is 56.5 Å². The first-order valence-corrected chi connectivity index (χ1v) is 14.2. The van der Waals surface area contributed by atoms with Gasteiger partial charge in [0.05, 0.1) is 5.69 Å². The van der Waals surface area contributed by atoms with Crippen LogP contribution in [0, 0.1) is 6.92 Å². The second-order valence-electron chi connectivity index (χ2n) is 11.4. The first kappa shape index (κ1) is 26.5. The maximum Gasteiger partial charge on any atom is 0.282 e. The van der Waals surface area contributed by atoms with E-state index in [1.807, 2.05) is 0 Å². The molecule has 2 aromatic carbocycles. The van der Waals surface area contributed by atoms with Crippen LogP contribution in [0.5, 0.6) is 0 Å². The van der Waals surface area contributed by atoms with Gasteiger partial charge < -0.3 is 24.5 Å². The fourth-order valence-corrected chi connectivity index (χ4v) is 6.22. The third-order valence-corrected chi connectivity index (χ3v) is 8.71. The number of halogens is 1. The van der Waals surface area contributed by atoms with E-state index < -0.39 is 11.7 Å². The van der Waals surface area contributed by atoms with Crippen LogP contribution in [0.2, 0.25) is 0 Å². The number of carbonyl (C=O) groups is 1. The van der Waals surface area contributed by atoms with Gasteiger partial charge in [-0.15, -0.1) is 0 Å². The molecule has 4 heterocycles. The van der Waals surface area contributed by atoms with Crippen molar-refractivity contribution in [1.29, 1.82) is 0 Å². The van der Waals surface area contributed by atoms with Gasteiger partial charge in [0.25, 0.3) is 5.91 Å². The number of hydrogen-bond donors (Lipinski definition) is 0. The van der Waals surface area contributed by atoms with Gasteiger partial charge in [0.2, 0.25) is 5.95 Å². The molecule has 2 fully saturated rings. The van der Waals surface area contributed by atoms with Crippen LogP contribution < -0.4 is 14.7 Å². The standard InChI is InChI=1S/C31H38FN7O/c1-21-7-5-8-23-9-6-10-27(28(21)23)36-13-11-25-26(12-14-36)33-31(39-19-24(20-39)35(3)4)34-29(25)37-15-17-38(18-16-37)30(40)22(2)32/h5-10,24H,2,11-20H2,1,3-4H3. The van der Waals surface area contributed by atoms with Gasteiger partial charge in [-0.3, -0.25) is 4.79 Å². The van der Waals surface area contributed by atoms with Crippen LogP contribution >= 0.6 is 0 Å². The molecule has 0 aliphatic carbocycles. The lowest BCUT2D eigenvalue weighted by Crippen LogP contribution is -2.58. The average molecular weight is 544 g/mol. The highest BCUT2D eigenvalue weighted by molar-refractivity contribution is 5.97. The highest BCUT2D eigenvalue weighted by atomic mass is 19.1. The number of piperazine rings is 1. The monoisotopic (exact) mass is 543 g/mol. The van der Waals surface area contributed by atoms with E-state index in [2.05, 4.69) is 83.6 Å². The minimum Gasteiger partial charge on any atom is -0.370 e. The predicted octanol–water partition coefficient (Wildman–Crippen LogP) is 3.43. The third kappa shape index (κ3) is 4.87. The van der Waals surface area contributed by atoms with E-state index in [0.29, 0.717) is 32.2 Å². The molecule has 1 aromatic heterocycles. The maximum absolute atomic E-state index is 13.5. The summed E-state index contributed by atoms with van der Waals surface area (Å²) in [6, 6.07) is 13.6. The Bertz CT molecular complexity index is 1440. The molecule has 0 atom stereocenters. The Labute approximate surface area is 235 Å². The van der Waals surface area contributed by atoms with E-state index in [-0.39, 0.29) is 0 Å². The number of nitrogens with zero attached hydrogens (tertiary/aromatic N) is 7. The molecule has 40 heavy (non-hydrogen) atoms. The second kappa shape index (κ2) is 10.7. The fourth-order valence-electron chi connectivity index (χ4n) is 6.22. The van der Waals surface area contributed by atoms with Crippen molar-refractivity contribution in [1.82, 2.24) is 19.8 Å². The van der Waals surface area contributed by atoms with Gasteiger partial charge in [-0.05, 0) is 44.5 Å². The van der Waals surface area contributed by atoms with Gasteiger partial charge in [-0.25, -0.2) is 9.37 Å². The average Bonchev–Trinajstić information content (AvgIpc) is 3.14. The summed E-state index contributed by atoms with van der Waals surface area (Å²) in [7, 11) is 4.23. The Kier molecular flexibility index (Phi) is 7.08. The minimum atomic E-state index is -0.899. The van der Waals surface area contributed by atoms with Crippen LogP contribution in [0.1, 0.15) is 16.8 Å². The van der Waals surface area contributed by atoms with Gasteiger partial charge in [-0.1, -0.05) is 36.9 Å². The summed E-state index contributed by atoms with van der Waals surface area (Å²) in [4.78, 5) is 33.3. The van der Waals surface area contributed by atoms with E-state index >= 15 is 0 Å². The lowest BCUT2D eigenvalue weighted by molar-refractivity contribution is -0.128. The molecule has 1 amide bonds. The van der Waals surface area contributed by atoms with E-state index in [9.17, 15) is 9.18 Å². The Hall–Kier alpha value is -3.72. The Morgan fingerprint density at radius 3 is 2.33 bits per heavy atom. The summed E-state index contributed by atoms with van der Waals surface area (Å²) < 4.78 is 13.5. The number of likely N-dealkylation sites (N-methyl/N-ethyl adjacent to an activating group) is 1. The number of amides is 1. The SMILES string of the molecule is C=C(F)C(=O)N1CCN(c2nc(N3CC(N(C)C)C3)nc3c2CCN(c2cccc4cccc(C)c24)CC3)CC1. The molecule has 0 N–H and O–H groups in total. The highest BCUT2D eigenvalue weighted by Crippen LogP contribution is 2.34. The van der Waals surface area contributed by atoms with Crippen molar-refractivity contribution in [2.24, 2.45) is 0 Å². The molecule has 3 aliphatic heterocycles. The van der Waals surface area contributed by atoms with Crippen molar-refractivity contribution in [3.63, 3.8) is 0 Å². The first-order chi connectivity index (χ1) is 19.3. The Balaban J connectivity index is 1.31. The normalized spacial score (nSPS) is 18.1. The molecule has 3 aliphatic rings. The molecular weight excluding hydrogens is 505 g/mol. The van der Waals surface area contributed by atoms with Crippen molar-refractivity contribution < 1.29 is 9.18 Å². The number of aryl methyl sites for hydroxylation is 1. The van der Waals surface area contributed by atoms with Gasteiger partial charge in [-0.2, -0.15) is 4.98 Å². The number of fused-ring (bicyclic) bond motifs is 2. The summed E-state index contributed by atoms with van der Waals surface area (Å²) in [5.74, 6) is 0.245. The molecule has 3 aromatic rings. The molecule has 0 spiro atoms. The summed E-state index contributed by atoms with van der Waals surface area (Å²) in [5.41, 5.74) is 4.87. The number of aromatic nitrogens is 2. The van der Waals surface area contributed by atoms with Crippen LogP contribution in [0.25, 0.3) is 10.8 Å². The van der Waals surface area contributed by atoms with Gasteiger partial charge >= 0.3 is 0 Å². The van der Waals surface area contributed by atoms with Gasteiger partial charge in [0.15, 0.2) is 5.83 Å². The van der Waals surface area contributed by atoms with Gasteiger partial charge in [0, 0.05) is 81.5 Å². The van der Waals surface area contributed by atoms with Crippen LogP contribution in [-0.2, 0) is 17.6 Å². The summed E-state index contributed by atoms with van der Waals surface area (Å²) in [6.07, 6.45) is 1.68.